The molecule has 0 heterocycles. The number of carbonyl (C=O) groups is 1. The number of nitrogens with one attached hydrogen (secondary N) is 1. The minimum atomic E-state index is -4.84. The molecule has 0 saturated heterocycles. The van der Waals surface area contributed by atoms with E-state index in [9.17, 15) is 18.0 Å². The number of benzene rings is 1. The Kier molecular flexibility index (Phi) is 4.03. The SMILES string of the molecule is N/C=C(\N)Nc1cc(C=O)cc(OC(F)(F)F)c1. The first-order chi connectivity index (χ1) is 8.34. The van der Waals surface area contributed by atoms with Gasteiger partial charge < -0.3 is 21.5 Å². The molecule has 0 aliphatic heterocycles. The Morgan fingerprint density at radius 3 is 2.50 bits per heavy atom. The zero-order valence-electron chi connectivity index (χ0n) is 8.99. The fourth-order valence-electron chi connectivity index (χ4n) is 1.16. The van der Waals surface area contributed by atoms with Gasteiger partial charge in [0.25, 0.3) is 0 Å². The average Bonchev–Trinajstić information content (AvgIpc) is 2.26. The molecule has 98 valence electrons. The van der Waals surface area contributed by atoms with E-state index in [0.717, 1.165) is 18.3 Å². The molecule has 0 aliphatic rings. The Morgan fingerprint density at radius 1 is 1.33 bits per heavy atom. The predicted octanol–water partition coefficient (Wildman–Crippen LogP) is 1.53. The van der Waals surface area contributed by atoms with Crippen molar-refractivity contribution >= 4 is 12.0 Å². The first-order valence-corrected chi connectivity index (χ1v) is 4.64. The summed E-state index contributed by atoms with van der Waals surface area (Å²) in [7, 11) is 0. The number of carbonyl (C=O) groups excluding carboxylic acids is 1. The molecule has 5 N–H and O–H groups in total. The van der Waals surface area contributed by atoms with Gasteiger partial charge in [-0.3, -0.25) is 4.79 Å². The van der Waals surface area contributed by atoms with E-state index in [1.54, 1.807) is 0 Å². The second-order valence-electron chi connectivity index (χ2n) is 3.20. The van der Waals surface area contributed by atoms with Gasteiger partial charge in [-0.15, -0.1) is 13.2 Å². The van der Waals surface area contributed by atoms with Gasteiger partial charge in [0, 0.05) is 23.5 Å². The van der Waals surface area contributed by atoms with Gasteiger partial charge in [-0.2, -0.15) is 0 Å². The highest BCUT2D eigenvalue weighted by molar-refractivity contribution is 5.78. The largest absolute Gasteiger partial charge is 0.573 e. The van der Waals surface area contributed by atoms with E-state index in [-0.39, 0.29) is 17.1 Å². The molecule has 0 bridgehead atoms. The van der Waals surface area contributed by atoms with Crippen LogP contribution in [-0.4, -0.2) is 12.6 Å². The highest BCUT2D eigenvalue weighted by atomic mass is 19.4. The van der Waals surface area contributed by atoms with Crippen LogP contribution in [0.5, 0.6) is 5.75 Å². The molecular formula is C10H10F3N3O2. The topological polar surface area (TPSA) is 90.4 Å². The van der Waals surface area contributed by atoms with Crippen LogP contribution in [0.1, 0.15) is 10.4 Å². The second kappa shape index (κ2) is 5.30. The minimum Gasteiger partial charge on any atom is -0.406 e. The van der Waals surface area contributed by atoms with Crippen LogP contribution < -0.4 is 21.5 Å². The van der Waals surface area contributed by atoms with E-state index in [0.29, 0.717) is 6.29 Å². The van der Waals surface area contributed by atoms with E-state index in [1.807, 2.05) is 0 Å². The third kappa shape index (κ3) is 4.24. The molecule has 0 radical (unpaired) electrons. The zero-order valence-corrected chi connectivity index (χ0v) is 8.99. The van der Waals surface area contributed by atoms with Gasteiger partial charge in [0.05, 0.1) is 0 Å². The van der Waals surface area contributed by atoms with E-state index in [2.05, 4.69) is 10.1 Å². The van der Waals surface area contributed by atoms with Gasteiger partial charge in [0.2, 0.25) is 0 Å². The number of hydrogen-bond acceptors (Lipinski definition) is 5. The molecule has 0 aliphatic carbocycles. The number of aldehydes is 1. The summed E-state index contributed by atoms with van der Waals surface area (Å²) in [5.41, 5.74) is 10.6. The van der Waals surface area contributed by atoms with Crippen LogP contribution in [0.3, 0.4) is 0 Å². The lowest BCUT2D eigenvalue weighted by molar-refractivity contribution is -0.274. The van der Waals surface area contributed by atoms with Crippen LogP contribution in [0.15, 0.2) is 30.2 Å². The number of alkyl halides is 3. The van der Waals surface area contributed by atoms with Crippen LogP contribution in [0.25, 0.3) is 0 Å². The quantitative estimate of drug-likeness (QED) is 0.715. The van der Waals surface area contributed by atoms with Gasteiger partial charge in [0.1, 0.15) is 17.9 Å². The molecule has 5 nitrogen and oxygen atoms in total. The maximum absolute atomic E-state index is 12.1. The summed E-state index contributed by atoms with van der Waals surface area (Å²) in [6.45, 7) is 0. The highest BCUT2D eigenvalue weighted by Crippen LogP contribution is 2.26. The minimum absolute atomic E-state index is 0.00377. The van der Waals surface area contributed by atoms with Gasteiger partial charge >= 0.3 is 6.36 Å². The van der Waals surface area contributed by atoms with Crippen molar-refractivity contribution in [2.45, 2.75) is 6.36 Å². The van der Waals surface area contributed by atoms with Gasteiger partial charge in [-0.1, -0.05) is 0 Å². The monoisotopic (exact) mass is 261 g/mol. The van der Waals surface area contributed by atoms with E-state index < -0.39 is 12.1 Å². The normalized spacial score (nSPS) is 12.1. The molecule has 0 fully saturated rings. The molecule has 0 amide bonds. The van der Waals surface area contributed by atoms with E-state index in [4.69, 9.17) is 11.5 Å². The van der Waals surface area contributed by atoms with Crippen LogP contribution in [0.4, 0.5) is 18.9 Å². The van der Waals surface area contributed by atoms with Crippen LogP contribution in [-0.2, 0) is 0 Å². The van der Waals surface area contributed by atoms with Crippen molar-refractivity contribution < 1.29 is 22.7 Å². The molecule has 1 aromatic rings. The Hall–Kier alpha value is -2.38. The van der Waals surface area contributed by atoms with E-state index >= 15 is 0 Å². The lowest BCUT2D eigenvalue weighted by Gasteiger charge is -2.12. The molecule has 0 aromatic heterocycles. The van der Waals surface area contributed by atoms with Crippen LogP contribution in [0.2, 0.25) is 0 Å². The lowest BCUT2D eigenvalue weighted by Crippen LogP contribution is -2.17. The molecule has 0 atom stereocenters. The van der Waals surface area contributed by atoms with Gasteiger partial charge in [-0.05, 0) is 12.1 Å². The Labute approximate surface area is 100 Å². The fraction of sp³-hybridized carbons (Fsp3) is 0.100. The molecular weight excluding hydrogens is 251 g/mol. The maximum atomic E-state index is 12.1. The predicted molar refractivity (Wildman–Crippen MR) is 58.6 cm³/mol. The summed E-state index contributed by atoms with van der Waals surface area (Å²) in [5.74, 6) is -0.504. The third-order valence-corrected chi connectivity index (χ3v) is 1.77. The zero-order chi connectivity index (χ0) is 13.8. The second-order valence-corrected chi connectivity index (χ2v) is 3.20. The van der Waals surface area contributed by atoms with Gasteiger partial charge in [-0.25, -0.2) is 0 Å². The standard InChI is InChI=1S/C10H10F3N3O2/c11-10(12,13)18-8-2-6(5-17)1-7(3-8)16-9(15)4-14/h1-5,16H,14-15H2/b9-4+. The molecule has 0 saturated carbocycles. The number of rotatable bonds is 4. The first kappa shape index (κ1) is 13.7. The van der Waals surface area contributed by atoms with Crippen molar-refractivity contribution in [3.63, 3.8) is 0 Å². The van der Waals surface area contributed by atoms with Crippen molar-refractivity contribution in [2.24, 2.45) is 11.5 Å². The number of ether oxygens (including phenoxy) is 1. The van der Waals surface area contributed by atoms with Crippen LogP contribution in [0, 0.1) is 0 Å². The van der Waals surface area contributed by atoms with Crippen molar-refractivity contribution in [1.82, 2.24) is 0 Å². The highest BCUT2D eigenvalue weighted by Gasteiger charge is 2.31. The van der Waals surface area contributed by atoms with Gasteiger partial charge in [0.15, 0.2) is 0 Å². The number of nitrogens with two attached hydrogens (primary N) is 2. The summed E-state index contributed by atoms with van der Waals surface area (Å²) in [5, 5.41) is 2.50. The maximum Gasteiger partial charge on any atom is 0.573 e. The smallest absolute Gasteiger partial charge is 0.406 e. The molecule has 1 aromatic carbocycles. The molecule has 0 spiro atoms. The Morgan fingerprint density at radius 2 is 2.00 bits per heavy atom. The number of anilines is 1. The van der Waals surface area contributed by atoms with Crippen molar-refractivity contribution in [3.05, 3.63) is 35.8 Å². The van der Waals surface area contributed by atoms with Crippen molar-refractivity contribution in [1.29, 1.82) is 0 Å². The number of hydrogen-bond donors (Lipinski definition) is 3. The first-order valence-electron chi connectivity index (χ1n) is 4.64. The molecule has 0 unspecified atom stereocenters. The number of halogens is 3. The van der Waals surface area contributed by atoms with Crippen molar-refractivity contribution in [3.8, 4) is 5.75 Å². The van der Waals surface area contributed by atoms with Crippen molar-refractivity contribution in [2.75, 3.05) is 5.32 Å². The fourth-order valence-corrected chi connectivity index (χ4v) is 1.16. The Bertz CT molecular complexity index is 472. The third-order valence-electron chi connectivity index (χ3n) is 1.77. The summed E-state index contributed by atoms with van der Waals surface area (Å²) in [6.07, 6.45) is -3.43. The average molecular weight is 261 g/mol. The molecule has 8 heteroatoms. The Balaban J connectivity index is 3.05. The van der Waals surface area contributed by atoms with Crippen LogP contribution >= 0.6 is 0 Å². The summed E-state index contributed by atoms with van der Waals surface area (Å²) >= 11 is 0. The molecule has 1 rings (SSSR count). The summed E-state index contributed by atoms with van der Waals surface area (Å²) in [4.78, 5) is 10.6. The van der Waals surface area contributed by atoms with E-state index in [1.165, 1.54) is 6.07 Å². The summed E-state index contributed by atoms with van der Waals surface area (Å²) < 4.78 is 39.9. The molecule has 18 heavy (non-hydrogen) atoms. The lowest BCUT2D eigenvalue weighted by atomic mass is 10.2. The summed E-state index contributed by atoms with van der Waals surface area (Å²) in [6, 6.07) is 3.29.